The average molecular weight is 184 g/mol. The van der Waals surface area contributed by atoms with Crippen molar-refractivity contribution in [1.29, 1.82) is 0 Å². The molecule has 1 rings (SSSR count). The Morgan fingerprint density at radius 2 is 1.82 bits per heavy atom. The summed E-state index contributed by atoms with van der Waals surface area (Å²) >= 11 is 6.16. The van der Waals surface area contributed by atoms with Gasteiger partial charge in [-0.1, -0.05) is 29.8 Å². The Hall–Kier alpha value is -0.0800. The van der Waals surface area contributed by atoms with Crippen LogP contribution in [0.2, 0.25) is 0 Å². The highest BCUT2D eigenvalue weighted by atomic mass is 32.2. The van der Waals surface area contributed by atoms with Gasteiger partial charge in [0, 0.05) is 0 Å². The van der Waals surface area contributed by atoms with Crippen LogP contribution in [0.4, 0.5) is 0 Å². The summed E-state index contributed by atoms with van der Waals surface area (Å²) in [6.07, 6.45) is 2.07. The Morgan fingerprint density at radius 3 is 2.27 bits per heavy atom. The maximum atomic E-state index is 4.42. The predicted octanol–water partition coefficient (Wildman–Crippen LogP) is 3.29. The minimum absolute atomic E-state index is 0.315. The molecule has 0 fully saturated rings. The molecule has 11 heavy (non-hydrogen) atoms. The van der Waals surface area contributed by atoms with E-state index < -0.39 is 0 Å². The Labute approximate surface area is 77.8 Å². The fourth-order valence-electron chi connectivity index (χ4n) is 0.867. The van der Waals surface area contributed by atoms with E-state index in [0.717, 1.165) is 0 Å². The molecule has 0 heterocycles. The number of hydrogen-bond donors (Lipinski definition) is 1. The summed E-state index contributed by atoms with van der Waals surface area (Å²) in [5.74, 6) is 0. The van der Waals surface area contributed by atoms with Crippen LogP contribution in [0, 0.1) is 6.92 Å². The largest absolute Gasteiger partial charge is 0.160 e. The second-order valence-electron chi connectivity index (χ2n) is 2.50. The van der Waals surface area contributed by atoms with Gasteiger partial charge in [0.25, 0.3) is 0 Å². The van der Waals surface area contributed by atoms with Gasteiger partial charge in [0.15, 0.2) is 0 Å². The van der Waals surface area contributed by atoms with Crippen LogP contribution in [0.15, 0.2) is 24.3 Å². The topological polar surface area (TPSA) is 0 Å². The van der Waals surface area contributed by atoms with Gasteiger partial charge in [-0.2, -0.15) is 12.6 Å². The summed E-state index contributed by atoms with van der Waals surface area (Å²) in [4.78, 5) is 0. The van der Waals surface area contributed by atoms with E-state index in [1.54, 1.807) is 11.8 Å². The number of benzene rings is 1. The van der Waals surface area contributed by atoms with Crippen LogP contribution >= 0.6 is 24.4 Å². The van der Waals surface area contributed by atoms with Crippen molar-refractivity contribution in [2.24, 2.45) is 0 Å². The molecule has 1 aromatic rings. The van der Waals surface area contributed by atoms with E-state index in [0.29, 0.717) is 4.58 Å². The Kier molecular flexibility index (Phi) is 3.34. The van der Waals surface area contributed by atoms with Gasteiger partial charge in [0.1, 0.15) is 0 Å². The van der Waals surface area contributed by atoms with E-state index in [9.17, 15) is 0 Å². The van der Waals surface area contributed by atoms with E-state index in [-0.39, 0.29) is 0 Å². The zero-order valence-corrected chi connectivity index (χ0v) is 8.45. The van der Waals surface area contributed by atoms with E-state index in [1.807, 2.05) is 0 Å². The third-order valence-corrected chi connectivity index (χ3v) is 3.24. The first-order valence-electron chi connectivity index (χ1n) is 3.51. The standard InChI is InChI=1S/C9H12S2/c1-7-3-5-8(6-4-7)9(10)11-2/h3-6,9-10H,1-2H3. The molecule has 2 heteroatoms. The molecule has 60 valence electrons. The van der Waals surface area contributed by atoms with Crippen LogP contribution in [0.3, 0.4) is 0 Å². The van der Waals surface area contributed by atoms with Gasteiger partial charge in [-0.05, 0) is 18.7 Å². The van der Waals surface area contributed by atoms with Crippen molar-refractivity contribution in [1.82, 2.24) is 0 Å². The van der Waals surface area contributed by atoms with Gasteiger partial charge < -0.3 is 0 Å². The lowest BCUT2D eigenvalue weighted by molar-refractivity contribution is 1.35. The lowest BCUT2D eigenvalue weighted by atomic mass is 10.2. The molecule has 1 unspecified atom stereocenters. The SMILES string of the molecule is CSC(S)c1ccc(C)cc1. The van der Waals surface area contributed by atoms with Crippen molar-refractivity contribution in [2.75, 3.05) is 6.26 Å². The minimum Gasteiger partial charge on any atom is -0.160 e. The number of aryl methyl sites for hydroxylation is 1. The van der Waals surface area contributed by atoms with E-state index in [1.165, 1.54) is 11.1 Å². The van der Waals surface area contributed by atoms with Gasteiger partial charge in [0.05, 0.1) is 4.58 Å². The molecular formula is C9H12S2. The Balaban J connectivity index is 2.81. The van der Waals surface area contributed by atoms with Crippen LogP contribution in [0.5, 0.6) is 0 Å². The summed E-state index contributed by atoms with van der Waals surface area (Å²) < 4.78 is 0.315. The molecule has 0 spiro atoms. The molecule has 0 N–H and O–H groups in total. The van der Waals surface area contributed by atoms with Crippen LogP contribution in [-0.2, 0) is 0 Å². The molecule has 0 saturated carbocycles. The van der Waals surface area contributed by atoms with Crippen molar-refractivity contribution >= 4 is 24.4 Å². The van der Waals surface area contributed by atoms with E-state index in [4.69, 9.17) is 0 Å². The van der Waals surface area contributed by atoms with Crippen LogP contribution in [-0.4, -0.2) is 6.26 Å². The van der Waals surface area contributed by atoms with Crippen LogP contribution < -0.4 is 0 Å². The lowest BCUT2D eigenvalue weighted by Gasteiger charge is -2.06. The zero-order valence-electron chi connectivity index (χ0n) is 6.74. The highest BCUT2D eigenvalue weighted by Crippen LogP contribution is 2.29. The highest BCUT2D eigenvalue weighted by Gasteiger charge is 2.01. The molecule has 0 aliphatic heterocycles. The van der Waals surface area contributed by atoms with Gasteiger partial charge >= 0.3 is 0 Å². The maximum absolute atomic E-state index is 4.42. The van der Waals surface area contributed by atoms with Gasteiger partial charge in [-0.25, -0.2) is 0 Å². The molecule has 0 aliphatic rings. The average Bonchev–Trinajstić information content (AvgIpc) is 2.05. The van der Waals surface area contributed by atoms with Crippen molar-refractivity contribution in [3.05, 3.63) is 35.4 Å². The first-order valence-corrected chi connectivity index (χ1v) is 5.32. The van der Waals surface area contributed by atoms with Crippen LogP contribution in [0.25, 0.3) is 0 Å². The first-order chi connectivity index (χ1) is 5.24. The first kappa shape index (κ1) is 9.01. The van der Waals surface area contributed by atoms with Crippen molar-refractivity contribution in [2.45, 2.75) is 11.5 Å². The Bertz CT molecular complexity index is 216. The van der Waals surface area contributed by atoms with Gasteiger partial charge in [0.2, 0.25) is 0 Å². The number of thiol groups is 1. The molecular weight excluding hydrogens is 172 g/mol. The molecule has 1 aromatic carbocycles. The molecule has 0 bridgehead atoms. The minimum atomic E-state index is 0.315. The van der Waals surface area contributed by atoms with E-state index in [2.05, 4.69) is 50.1 Å². The monoisotopic (exact) mass is 184 g/mol. The van der Waals surface area contributed by atoms with E-state index >= 15 is 0 Å². The smallest absolute Gasteiger partial charge is 0.0718 e. The summed E-state index contributed by atoms with van der Waals surface area (Å²) in [6, 6.07) is 8.50. The summed E-state index contributed by atoms with van der Waals surface area (Å²) in [5, 5.41) is 0. The summed E-state index contributed by atoms with van der Waals surface area (Å²) in [6.45, 7) is 2.09. The second-order valence-corrected chi connectivity index (χ2v) is 4.31. The molecule has 0 aliphatic carbocycles. The number of thioether (sulfide) groups is 1. The third kappa shape index (κ3) is 2.46. The fourth-order valence-corrected chi connectivity index (χ4v) is 1.47. The third-order valence-electron chi connectivity index (χ3n) is 1.59. The molecule has 0 aromatic heterocycles. The molecule has 0 radical (unpaired) electrons. The summed E-state index contributed by atoms with van der Waals surface area (Å²) in [7, 11) is 0. The predicted molar refractivity (Wildman–Crippen MR) is 56.4 cm³/mol. The molecule has 1 atom stereocenters. The normalized spacial score (nSPS) is 13.0. The van der Waals surface area contributed by atoms with Crippen LogP contribution in [0.1, 0.15) is 15.7 Å². The Morgan fingerprint density at radius 1 is 1.27 bits per heavy atom. The van der Waals surface area contributed by atoms with Crippen molar-refractivity contribution in [3.8, 4) is 0 Å². The molecule has 0 amide bonds. The van der Waals surface area contributed by atoms with Crippen molar-refractivity contribution < 1.29 is 0 Å². The zero-order chi connectivity index (χ0) is 8.27. The number of hydrogen-bond acceptors (Lipinski definition) is 2. The maximum Gasteiger partial charge on any atom is 0.0718 e. The molecule has 0 saturated heterocycles. The van der Waals surface area contributed by atoms with Gasteiger partial charge in [-0.15, -0.1) is 11.8 Å². The number of rotatable bonds is 2. The summed E-state index contributed by atoms with van der Waals surface area (Å²) in [5.41, 5.74) is 2.59. The molecule has 0 nitrogen and oxygen atoms in total. The fraction of sp³-hybridized carbons (Fsp3) is 0.333. The second kappa shape index (κ2) is 4.07. The van der Waals surface area contributed by atoms with Crippen molar-refractivity contribution in [3.63, 3.8) is 0 Å². The lowest BCUT2D eigenvalue weighted by Crippen LogP contribution is -1.83. The highest BCUT2D eigenvalue weighted by molar-refractivity contribution is 8.09. The van der Waals surface area contributed by atoms with Gasteiger partial charge in [-0.3, -0.25) is 0 Å². The quantitative estimate of drug-likeness (QED) is 0.543.